The minimum Gasteiger partial charge on any atom is -0.447 e. The summed E-state index contributed by atoms with van der Waals surface area (Å²) in [6.07, 6.45) is -5.71. The minimum atomic E-state index is -4.47. The number of thiazole rings is 1. The number of nitrogens with one attached hydrogen (secondary N) is 2. The molecule has 1 fully saturated rings. The molecule has 0 bridgehead atoms. The zero-order valence-corrected chi connectivity index (χ0v) is 25.2. The lowest BCUT2D eigenvalue weighted by Gasteiger charge is -2.24. The van der Waals surface area contributed by atoms with Crippen molar-refractivity contribution in [1.29, 1.82) is 5.41 Å². The quantitative estimate of drug-likeness (QED) is 0.206. The van der Waals surface area contributed by atoms with Gasteiger partial charge in [-0.05, 0) is 72.7 Å². The third-order valence-electron chi connectivity index (χ3n) is 5.26. The van der Waals surface area contributed by atoms with Crippen molar-refractivity contribution in [1.82, 2.24) is 10.3 Å². The molecule has 1 aliphatic heterocycles. The average Bonchev–Trinajstić information content (AvgIpc) is 3.51. The van der Waals surface area contributed by atoms with Crippen molar-refractivity contribution >= 4 is 34.6 Å². The largest absolute Gasteiger partial charge is 0.447 e. The van der Waals surface area contributed by atoms with Crippen LogP contribution in [0, 0.1) is 12.3 Å². The number of hydrogen-bond donors (Lipinski definition) is 2. The lowest BCUT2D eigenvalue weighted by Crippen LogP contribution is -2.30. The maximum Gasteiger partial charge on any atom is 0.416 e. The van der Waals surface area contributed by atoms with Gasteiger partial charge in [-0.25, -0.2) is 9.78 Å². The lowest BCUT2D eigenvalue weighted by atomic mass is 9.97. The summed E-state index contributed by atoms with van der Waals surface area (Å²) < 4.78 is 81.4. The summed E-state index contributed by atoms with van der Waals surface area (Å²) in [5.41, 5.74) is -0.429. The molecule has 2 N–H and O–H groups in total. The summed E-state index contributed by atoms with van der Waals surface area (Å²) in [5, 5.41) is 9.59. The Morgan fingerprint density at radius 1 is 1.10 bits per heavy atom. The fourth-order valence-electron chi connectivity index (χ4n) is 3.94. The van der Waals surface area contributed by atoms with Gasteiger partial charge in [-0.1, -0.05) is 12.1 Å². The molecule has 1 spiro atoms. The van der Waals surface area contributed by atoms with Gasteiger partial charge in [0.2, 0.25) is 0 Å². The number of esters is 2. The molecule has 1 aromatic carbocycles. The lowest BCUT2D eigenvalue weighted by molar-refractivity contribution is -0.151. The Hall–Kier alpha value is -3.26. The summed E-state index contributed by atoms with van der Waals surface area (Å²) >= 11 is 1.17. The van der Waals surface area contributed by atoms with Gasteiger partial charge in [-0.3, -0.25) is 4.79 Å². The number of alkyl halides is 6. The number of hydrogen-bond acceptors (Lipinski definition) is 8. The van der Waals surface area contributed by atoms with Crippen LogP contribution in [0.2, 0.25) is 0 Å². The molecular weight excluding hydrogens is 588 g/mol. The highest BCUT2D eigenvalue weighted by atomic mass is 32.1. The fourth-order valence-corrected chi connectivity index (χ4v) is 4.86. The molecule has 2 aromatic rings. The number of carbonyl (C=O) groups is 2. The third-order valence-corrected chi connectivity index (χ3v) is 6.28. The highest BCUT2D eigenvalue weighted by Crippen LogP contribution is 2.49. The Morgan fingerprint density at radius 2 is 1.60 bits per heavy atom. The third kappa shape index (κ3) is 11.2. The molecule has 1 aromatic heterocycles. The van der Waals surface area contributed by atoms with Crippen molar-refractivity contribution in [3.05, 3.63) is 46.2 Å². The van der Waals surface area contributed by atoms with Crippen molar-refractivity contribution in [3.63, 3.8) is 0 Å². The molecule has 0 unspecified atom stereocenters. The Bertz CT molecular complexity index is 1270. The van der Waals surface area contributed by atoms with E-state index in [-0.39, 0.29) is 23.9 Å². The number of aromatic nitrogens is 1. The molecule has 2 aliphatic rings. The highest BCUT2D eigenvalue weighted by molar-refractivity contribution is 7.15. The maximum absolute atomic E-state index is 13.1. The van der Waals surface area contributed by atoms with Crippen LogP contribution >= 0.6 is 11.3 Å². The Kier molecular flexibility index (Phi) is 13.4. The second-order valence-electron chi connectivity index (χ2n) is 9.67. The van der Waals surface area contributed by atoms with Crippen LogP contribution in [0.25, 0.3) is 16.1 Å². The number of carbonyl (C=O) groups excluding carboxylic acids is 2. The average molecular weight is 624 g/mol. The van der Waals surface area contributed by atoms with Crippen LogP contribution in [0.15, 0.2) is 30.0 Å². The van der Waals surface area contributed by atoms with E-state index >= 15 is 0 Å². The van der Waals surface area contributed by atoms with E-state index in [1.54, 1.807) is 20.8 Å². The van der Waals surface area contributed by atoms with Gasteiger partial charge in [-0.2, -0.15) is 26.3 Å². The maximum atomic E-state index is 13.1. The first-order valence-corrected chi connectivity index (χ1v) is 13.6. The van der Waals surface area contributed by atoms with Crippen LogP contribution in [-0.4, -0.2) is 48.5 Å². The molecular formula is C28H35F6N3O4S. The molecule has 234 valence electrons. The van der Waals surface area contributed by atoms with E-state index in [0.29, 0.717) is 34.0 Å². The van der Waals surface area contributed by atoms with Crippen LogP contribution in [-0.2, 0) is 25.2 Å². The first-order valence-electron chi connectivity index (χ1n) is 12.7. The zero-order valence-electron chi connectivity index (χ0n) is 24.4. The van der Waals surface area contributed by atoms with Crippen molar-refractivity contribution in [2.75, 3.05) is 14.1 Å². The van der Waals surface area contributed by atoms with E-state index in [2.05, 4.69) is 10.3 Å². The summed E-state index contributed by atoms with van der Waals surface area (Å²) in [4.78, 5) is 29.5. The topological polar surface area (TPSA) is 101 Å². The SMILES string of the molecule is CC(=O)OC1=C(c2nc(-c3cccc(C(F)(F)F)c3)sc2C)C(=O)OC12CCCC2.CC(C)=N.CC(F)(F)F.CNC. The van der Waals surface area contributed by atoms with Crippen LogP contribution in [0.1, 0.15) is 69.5 Å². The second-order valence-corrected chi connectivity index (χ2v) is 10.9. The molecule has 1 saturated carbocycles. The highest BCUT2D eigenvalue weighted by Gasteiger charge is 2.53. The monoisotopic (exact) mass is 623 g/mol. The number of benzene rings is 1. The molecule has 1 aliphatic carbocycles. The van der Waals surface area contributed by atoms with Crippen LogP contribution < -0.4 is 5.32 Å². The van der Waals surface area contributed by atoms with Crippen LogP contribution in [0.4, 0.5) is 26.3 Å². The molecule has 42 heavy (non-hydrogen) atoms. The molecule has 7 nitrogen and oxygen atoms in total. The predicted molar refractivity (Wildman–Crippen MR) is 149 cm³/mol. The minimum absolute atomic E-state index is 0.0825. The summed E-state index contributed by atoms with van der Waals surface area (Å²) in [6.45, 7) is 6.65. The number of halogens is 6. The van der Waals surface area contributed by atoms with Gasteiger partial charge < -0.3 is 20.2 Å². The first kappa shape index (κ1) is 36.8. The van der Waals surface area contributed by atoms with E-state index in [0.717, 1.165) is 25.0 Å². The smallest absolute Gasteiger partial charge is 0.416 e. The molecule has 0 amide bonds. The number of nitrogens with zero attached hydrogens (tertiary/aromatic N) is 1. The predicted octanol–water partition coefficient (Wildman–Crippen LogP) is 7.73. The van der Waals surface area contributed by atoms with Crippen molar-refractivity contribution < 1.29 is 45.4 Å². The Balaban J connectivity index is 0.000000628. The fraction of sp³-hybridized carbons (Fsp3) is 0.500. The van der Waals surface area contributed by atoms with Gasteiger partial charge in [0.25, 0.3) is 0 Å². The molecule has 0 radical (unpaired) electrons. The van der Waals surface area contributed by atoms with E-state index in [1.807, 2.05) is 14.1 Å². The van der Waals surface area contributed by atoms with E-state index in [1.165, 1.54) is 30.4 Å². The Labute approximate surface area is 244 Å². The van der Waals surface area contributed by atoms with Crippen molar-refractivity contribution in [3.8, 4) is 10.6 Å². The molecule has 2 heterocycles. The van der Waals surface area contributed by atoms with Gasteiger partial charge in [0.15, 0.2) is 11.4 Å². The number of aryl methyl sites for hydroxylation is 1. The number of rotatable bonds is 3. The van der Waals surface area contributed by atoms with E-state index < -0.39 is 35.5 Å². The number of ether oxygens (including phenoxy) is 2. The van der Waals surface area contributed by atoms with E-state index in [9.17, 15) is 35.9 Å². The Morgan fingerprint density at radius 3 is 2.05 bits per heavy atom. The van der Waals surface area contributed by atoms with E-state index in [4.69, 9.17) is 14.9 Å². The zero-order chi connectivity index (χ0) is 32.5. The van der Waals surface area contributed by atoms with Gasteiger partial charge in [-0.15, -0.1) is 11.3 Å². The molecule has 0 saturated heterocycles. The molecule has 4 rings (SSSR count). The first-order chi connectivity index (χ1) is 19.3. The van der Waals surface area contributed by atoms with Crippen LogP contribution in [0.3, 0.4) is 0 Å². The van der Waals surface area contributed by atoms with Crippen molar-refractivity contribution in [2.24, 2.45) is 0 Å². The second kappa shape index (κ2) is 15.3. The standard InChI is InChI=1S/C21H18F3NO4S.C3H7N.C2H3F3.C2H7N/c1-11-16(25-18(30-11)13-6-5-7-14(10-13)21(22,23)24)15-17(28-12(2)26)20(29-19(15)27)8-3-4-9-20;1-3(2)4;1-2(3,4)5;1-3-2/h5-7,10H,3-4,8-9H2,1-2H3;4H,1-2H3;1H3;3H,1-2H3. The van der Waals surface area contributed by atoms with Gasteiger partial charge >= 0.3 is 24.3 Å². The summed E-state index contributed by atoms with van der Waals surface area (Å²) in [5.74, 6) is -1.03. The van der Waals surface area contributed by atoms with Crippen LogP contribution in [0.5, 0.6) is 0 Å². The van der Waals surface area contributed by atoms with Gasteiger partial charge in [0.05, 0.1) is 11.3 Å². The molecule has 0 atom stereocenters. The normalized spacial score (nSPS) is 15.5. The van der Waals surface area contributed by atoms with Gasteiger partial charge in [0.1, 0.15) is 10.6 Å². The summed E-state index contributed by atoms with van der Waals surface area (Å²) in [6, 6.07) is 4.86. The molecule has 14 heteroatoms. The van der Waals surface area contributed by atoms with Crippen molar-refractivity contribution in [2.45, 2.75) is 78.3 Å². The van der Waals surface area contributed by atoms with Gasteiger partial charge in [0, 0.05) is 30.0 Å². The summed E-state index contributed by atoms with van der Waals surface area (Å²) in [7, 11) is 3.75.